The number of carbonyl (C=O) groups excluding carboxylic acids is 1. The summed E-state index contributed by atoms with van der Waals surface area (Å²) in [7, 11) is 0. The van der Waals surface area contributed by atoms with Crippen LogP contribution in [0.1, 0.15) is 22.8 Å². The van der Waals surface area contributed by atoms with Gasteiger partial charge in [0.25, 0.3) is 0 Å². The van der Waals surface area contributed by atoms with E-state index >= 15 is 0 Å². The SMILES string of the molecule is Cc1csc(C(O)(CC(=O)Nc2cccc(-n3nccc3C)c2)C(F)(F)F)n1. The number of nitrogens with zero attached hydrogens (tertiary/aromatic N) is 3. The molecule has 2 N–H and O–H groups in total. The summed E-state index contributed by atoms with van der Waals surface area (Å²) < 4.78 is 42.2. The second kappa shape index (κ2) is 7.36. The van der Waals surface area contributed by atoms with E-state index in [0.29, 0.717) is 22.7 Å². The number of aryl methyl sites for hydroxylation is 2. The number of benzene rings is 1. The van der Waals surface area contributed by atoms with E-state index in [1.807, 2.05) is 6.92 Å². The molecule has 2 aromatic heterocycles. The average molecular weight is 410 g/mol. The van der Waals surface area contributed by atoms with Crippen LogP contribution in [0.4, 0.5) is 18.9 Å². The Labute approximate surface area is 162 Å². The summed E-state index contributed by atoms with van der Waals surface area (Å²) in [6, 6.07) is 8.31. The number of hydrogen-bond acceptors (Lipinski definition) is 5. The van der Waals surface area contributed by atoms with E-state index in [0.717, 1.165) is 5.69 Å². The van der Waals surface area contributed by atoms with E-state index in [9.17, 15) is 23.1 Å². The number of rotatable bonds is 5. The summed E-state index contributed by atoms with van der Waals surface area (Å²) in [4.78, 5) is 16.0. The van der Waals surface area contributed by atoms with Gasteiger partial charge < -0.3 is 10.4 Å². The van der Waals surface area contributed by atoms with Crippen LogP contribution in [0.2, 0.25) is 0 Å². The number of thiazole rings is 1. The predicted octanol–water partition coefficient (Wildman–Crippen LogP) is 3.72. The molecular formula is C18H17F3N4O2S. The normalized spacial score (nSPS) is 13.9. The molecule has 0 fully saturated rings. The van der Waals surface area contributed by atoms with Crippen LogP contribution < -0.4 is 5.32 Å². The highest BCUT2D eigenvalue weighted by Crippen LogP contribution is 2.43. The van der Waals surface area contributed by atoms with Crippen molar-refractivity contribution in [2.75, 3.05) is 5.32 Å². The van der Waals surface area contributed by atoms with Crippen LogP contribution in [-0.2, 0) is 10.4 Å². The Kier molecular flexibility index (Phi) is 5.26. The highest BCUT2D eigenvalue weighted by molar-refractivity contribution is 7.09. The number of alkyl halides is 3. The summed E-state index contributed by atoms with van der Waals surface area (Å²) in [5, 5.41) is 17.7. The molecule has 2 heterocycles. The number of amides is 1. The minimum atomic E-state index is -5.05. The minimum absolute atomic E-state index is 0.289. The number of hydrogen-bond donors (Lipinski definition) is 2. The van der Waals surface area contributed by atoms with Gasteiger partial charge >= 0.3 is 6.18 Å². The first-order valence-corrected chi connectivity index (χ1v) is 9.11. The molecule has 0 saturated heterocycles. The summed E-state index contributed by atoms with van der Waals surface area (Å²) >= 11 is 0.661. The third kappa shape index (κ3) is 3.92. The van der Waals surface area contributed by atoms with Gasteiger partial charge in [0, 0.05) is 28.7 Å². The molecule has 0 bridgehead atoms. The molecule has 0 aliphatic rings. The number of halogens is 3. The molecule has 0 spiro atoms. The van der Waals surface area contributed by atoms with Gasteiger partial charge in [-0.25, -0.2) is 9.67 Å². The van der Waals surface area contributed by atoms with Crippen LogP contribution in [0, 0.1) is 13.8 Å². The third-order valence-corrected chi connectivity index (χ3v) is 5.18. The summed E-state index contributed by atoms with van der Waals surface area (Å²) in [5.74, 6) is -0.984. The first kappa shape index (κ1) is 20.0. The molecule has 0 saturated carbocycles. The fourth-order valence-electron chi connectivity index (χ4n) is 2.63. The second-order valence-corrected chi connectivity index (χ2v) is 7.17. The third-order valence-electron chi connectivity index (χ3n) is 4.06. The van der Waals surface area contributed by atoms with Crippen LogP contribution in [-0.4, -0.2) is 32.0 Å². The van der Waals surface area contributed by atoms with E-state index < -0.39 is 29.1 Å². The Hall–Kier alpha value is -2.72. The Bertz CT molecular complexity index is 999. The molecule has 1 amide bonds. The summed E-state index contributed by atoms with van der Waals surface area (Å²) in [5.41, 5.74) is -1.23. The quantitative estimate of drug-likeness (QED) is 0.672. The van der Waals surface area contributed by atoms with Crippen molar-refractivity contribution < 1.29 is 23.1 Å². The topological polar surface area (TPSA) is 80.0 Å². The molecular weight excluding hydrogens is 393 g/mol. The van der Waals surface area contributed by atoms with Gasteiger partial charge in [0.15, 0.2) is 0 Å². The zero-order valence-electron chi connectivity index (χ0n) is 15.0. The largest absolute Gasteiger partial charge is 0.424 e. The van der Waals surface area contributed by atoms with E-state index in [2.05, 4.69) is 15.4 Å². The maximum absolute atomic E-state index is 13.5. The molecule has 1 unspecified atom stereocenters. The van der Waals surface area contributed by atoms with E-state index in [-0.39, 0.29) is 5.69 Å². The van der Waals surface area contributed by atoms with Crippen molar-refractivity contribution in [1.82, 2.24) is 14.8 Å². The zero-order chi connectivity index (χ0) is 20.5. The van der Waals surface area contributed by atoms with Crippen LogP contribution in [0.5, 0.6) is 0 Å². The summed E-state index contributed by atoms with van der Waals surface area (Å²) in [6.45, 7) is 3.36. The maximum atomic E-state index is 13.5. The van der Waals surface area contributed by atoms with Gasteiger partial charge in [-0.15, -0.1) is 11.3 Å². The van der Waals surface area contributed by atoms with Gasteiger partial charge in [-0.2, -0.15) is 18.3 Å². The molecule has 6 nitrogen and oxygen atoms in total. The fraction of sp³-hybridized carbons (Fsp3) is 0.278. The predicted molar refractivity (Wildman–Crippen MR) is 98.4 cm³/mol. The maximum Gasteiger partial charge on any atom is 0.424 e. The van der Waals surface area contributed by atoms with Crippen molar-refractivity contribution in [2.45, 2.75) is 32.0 Å². The minimum Gasteiger partial charge on any atom is -0.374 e. The number of carbonyl (C=O) groups is 1. The first-order chi connectivity index (χ1) is 13.1. The Morgan fingerprint density at radius 2 is 2.04 bits per heavy atom. The lowest BCUT2D eigenvalue weighted by molar-refractivity contribution is -0.266. The lowest BCUT2D eigenvalue weighted by Gasteiger charge is -2.27. The smallest absolute Gasteiger partial charge is 0.374 e. The van der Waals surface area contributed by atoms with Gasteiger partial charge in [-0.3, -0.25) is 4.79 Å². The van der Waals surface area contributed by atoms with Gasteiger partial charge in [-0.1, -0.05) is 6.07 Å². The van der Waals surface area contributed by atoms with Gasteiger partial charge in [-0.05, 0) is 38.1 Å². The Morgan fingerprint density at radius 1 is 1.29 bits per heavy atom. The Balaban J connectivity index is 1.82. The van der Waals surface area contributed by atoms with Crippen LogP contribution in [0.25, 0.3) is 5.69 Å². The lowest BCUT2D eigenvalue weighted by Crippen LogP contribution is -2.45. The van der Waals surface area contributed by atoms with Crippen molar-refractivity contribution in [2.24, 2.45) is 0 Å². The van der Waals surface area contributed by atoms with Crippen LogP contribution in [0.3, 0.4) is 0 Å². The lowest BCUT2D eigenvalue weighted by atomic mass is 9.99. The van der Waals surface area contributed by atoms with Crippen molar-refractivity contribution in [3.05, 3.63) is 58.3 Å². The van der Waals surface area contributed by atoms with Crippen LogP contribution >= 0.6 is 11.3 Å². The summed E-state index contributed by atoms with van der Waals surface area (Å²) in [6.07, 6.45) is -4.64. The standard InChI is InChI=1S/C18H17F3N4O2S/c1-11-10-28-16(23-11)17(27,18(19,20)21)9-15(26)24-13-4-3-5-14(8-13)25-12(2)6-7-22-25/h3-8,10,27H,9H2,1-2H3,(H,24,26). The molecule has 0 aliphatic heterocycles. The molecule has 0 aliphatic carbocycles. The van der Waals surface area contributed by atoms with E-state index in [1.54, 1.807) is 41.2 Å². The van der Waals surface area contributed by atoms with Gasteiger partial charge in [0.2, 0.25) is 11.5 Å². The van der Waals surface area contributed by atoms with Crippen molar-refractivity contribution in [3.8, 4) is 5.69 Å². The molecule has 0 radical (unpaired) electrons. The molecule has 1 atom stereocenters. The average Bonchev–Trinajstić information content (AvgIpc) is 3.22. The van der Waals surface area contributed by atoms with Gasteiger partial charge in [0.05, 0.1) is 12.1 Å². The van der Waals surface area contributed by atoms with Crippen molar-refractivity contribution in [1.29, 1.82) is 0 Å². The number of nitrogens with one attached hydrogen (secondary N) is 1. The molecule has 1 aromatic carbocycles. The highest BCUT2D eigenvalue weighted by atomic mass is 32.1. The second-order valence-electron chi connectivity index (χ2n) is 6.31. The first-order valence-electron chi connectivity index (χ1n) is 8.23. The van der Waals surface area contributed by atoms with Crippen molar-refractivity contribution >= 4 is 22.9 Å². The van der Waals surface area contributed by atoms with E-state index in [1.165, 1.54) is 12.3 Å². The molecule has 3 rings (SSSR count). The highest BCUT2D eigenvalue weighted by Gasteiger charge is 2.58. The zero-order valence-corrected chi connectivity index (χ0v) is 15.8. The molecule has 10 heteroatoms. The van der Waals surface area contributed by atoms with E-state index in [4.69, 9.17) is 0 Å². The molecule has 28 heavy (non-hydrogen) atoms. The van der Waals surface area contributed by atoms with Crippen LogP contribution in [0.15, 0.2) is 41.9 Å². The Morgan fingerprint density at radius 3 is 2.61 bits per heavy atom. The number of aromatic nitrogens is 3. The number of aliphatic hydroxyl groups is 1. The number of anilines is 1. The van der Waals surface area contributed by atoms with Gasteiger partial charge in [0.1, 0.15) is 5.01 Å². The fourth-order valence-corrected chi connectivity index (χ4v) is 3.55. The van der Waals surface area contributed by atoms with Crippen molar-refractivity contribution in [3.63, 3.8) is 0 Å². The monoisotopic (exact) mass is 410 g/mol. The molecule has 148 valence electrons. The molecule has 3 aromatic rings.